The highest BCUT2D eigenvalue weighted by atomic mass is 35.5. The van der Waals surface area contributed by atoms with Gasteiger partial charge in [0.2, 0.25) is 0 Å². The van der Waals surface area contributed by atoms with E-state index < -0.39 is 0 Å². The van der Waals surface area contributed by atoms with Crippen LogP contribution in [0.4, 0.5) is 0 Å². The molecule has 106 valence electrons. The predicted octanol–water partition coefficient (Wildman–Crippen LogP) is 3.68. The molecule has 1 heterocycles. The highest BCUT2D eigenvalue weighted by molar-refractivity contribution is 6.31. The maximum atomic E-state index is 6.32. The molecule has 2 nitrogen and oxygen atoms in total. The maximum absolute atomic E-state index is 6.32. The zero-order valence-electron chi connectivity index (χ0n) is 11.8. The summed E-state index contributed by atoms with van der Waals surface area (Å²) in [6.45, 7) is 6.11. The zero-order valence-corrected chi connectivity index (χ0v) is 12.5. The van der Waals surface area contributed by atoms with E-state index in [2.05, 4.69) is 24.4 Å². The van der Waals surface area contributed by atoms with E-state index in [1.165, 1.54) is 12.0 Å². The number of nitrogens with one attached hydrogen (secondary N) is 1. The van der Waals surface area contributed by atoms with Gasteiger partial charge in [-0.25, -0.2) is 0 Å². The van der Waals surface area contributed by atoms with E-state index in [0.717, 1.165) is 50.6 Å². The van der Waals surface area contributed by atoms with Crippen molar-refractivity contribution in [3.63, 3.8) is 0 Å². The Morgan fingerprint density at radius 1 is 1.26 bits per heavy atom. The molecule has 19 heavy (non-hydrogen) atoms. The number of hydrogen-bond acceptors (Lipinski definition) is 2. The lowest BCUT2D eigenvalue weighted by molar-refractivity contribution is 0.0150. The summed E-state index contributed by atoms with van der Waals surface area (Å²) in [7, 11) is 0. The van der Waals surface area contributed by atoms with Crippen LogP contribution >= 0.6 is 11.6 Å². The van der Waals surface area contributed by atoms with E-state index in [9.17, 15) is 0 Å². The second-order valence-corrected chi connectivity index (χ2v) is 5.96. The van der Waals surface area contributed by atoms with Gasteiger partial charge in [0.05, 0.1) is 0 Å². The molecule has 1 aromatic rings. The van der Waals surface area contributed by atoms with Crippen LogP contribution in [-0.4, -0.2) is 26.3 Å². The number of ether oxygens (including phenoxy) is 1. The minimum Gasteiger partial charge on any atom is -0.381 e. The summed E-state index contributed by atoms with van der Waals surface area (Å²) in [6.07, 6.45) is 4.47. The van der Waals surface area contributed by atoms with E-state index in [-0.39, 0.29) is 0 Å². The SMILES string of the molecule is CCCNCC1(Cc2ccccc2Cl)CCOCC1. The van der Waals surface area contributed by atoms with Crippen molar-refractivity contribution < 1.29 is 4.74 Å². The van der Waals surface area contributed by atoms with E-state index >= 15 is 0 Å². The van der Waals surface area contributed by atoms with Crippen LogP contribution in [0.3, 0.4) is 0 Å². The standard InChI is InChI=1S/C16H24ClNO/c1-2-9-18-13-16(7-10-19-11-8-16)12-14-5-3-4-6-15(14)17/h3-6,18H,2,7-13H2,1H3. The van der Waals surface area contributed by atoms with Crippen LogP contribution in [0, 0.1) is 5.41 Å². The van der Waals surface area contributed by atoms with Crippen molar-refractivity contribution in [2.75, 3.05) is 26.3 Å². The normalized spacial score (nSPS) is 18.4. The lowest BCUT2D eigenvalue weighted by Gasteiger charge is -2.38. The van der Waals surface area contributed by atoms with E-state index in [4.69, 9.17) is 16.3 Å². The molecule has 0 bridgehead atoms. The van der Waals surface area contributed by atoms with Gasteiger partial charge >= 0.3 is 0 Å². The Hall–Kier alpha value is -0.570. The molecular formula is C16H24ClNO. The summed E-state index contributed by atoms with van der Waals surface area (Å²) in [5, 5.41) is 4.48. The Balaban J connectivity index is 2.06. The fraction of sp³-hybridized carbons (Fsp3) is 0.625. The van der Waals surface area contributed by atoms with E-state index in [0.29, 0.717) is 5.41 Å². The monoisotopic (exact) mass is 281 g/mol. The molecule has 1 aliphatic heterocycles. The minimum absolute atomic E-state index is 0.304. The van der Waals surface area contributed by atoms with Gasteiger partial charge in [-0.2, -0.15) is 0 Å². The first-order valence-corrected chi connectivity index (χ1v) is 7.65. The number of halogens is 1. The number of benzene rings is 1. The molecule has 0 amide bonds. The summed E-state index contributed by atoms with van der Waals surface area (Å²) in [5.41, 5.74) is 1.57. The predicted molar refractivity (Wildman–Crippen MR) is 80.8 cm³/mol. The molecule has 0 spiro atoms. The van der Waals surface area contributed by atoms with Gasteiger partial charge in [0.15, 0.2) is 0 Å². The Kier molecular flexibility index (Phi) is 5.68. The molecule has 0 radical (unpaired) electrons. The third-order valence-corrected chi connectivity index (χ3v) is 4.37. The van der Waals surface area contributed by atoms with Gasteiger partial charge in [0.25, 0.3) is 0 Å². The van der Waals surface area contributed by atoms with Crippen LogP contribution in [0.5, 0.6) is 0 Å². The topological polar surface area (TPSA) is 21.3 Å². The van der Waals surface area contributed by atoms with Crippen molar-refractivity contribution in [2.45, 2.75) is 32.6 Å². The lowest BCUT2D eigenvalue weighted by Crippen LogP contribution is -2.41. The van der Waals surface area contributed by atoms with Crippen molar-refractivity contribution in [3.05, 3.63) is 34.9 Å². The average Bonchev–Trinajstić information content (AvgIpc) is 2.43. The van der Waals surface area contributed by atoms with Crippen LogP contribution in [0.1, 0.15) is 31.7 Å². The highest BCUT2D eigenvalue weighted by Gasteiger charge is 2.32. The first-order valence-electron chi connectivity index (χ1n) is 7.28. The van der Waals surface area contributed by atoms with Gasteiger partial charge in [0, 0.05) is 24.8 Å². The van der Waals surface area contributed by atoms with Crippen LogP contribution < -0.4 is 5.32 Å². The molecule has 0 unspecified atom stereocenters. The average molecular weight is 282 g/mol. The molecule has 1 aliphatic rings. The maximum Gasteiger partial charge on any atom is 0.0471 e. The molecule has 0 aliphatic carbocycles. The first-order chi connectivity index (χ1) is 9.26. The van der Waals surface area contributed by atoms with Crippen LogP contribution in [0.2, 0.25) is 5.02 Å². The fourth-order valence-corrected chi connectivity index (χ4v) is 3.00. The Bertz CT molecular complexity index is 388. The Labute approximate surface area is 121 Å². The summed E-state index contributed by atoms with van der Waals surface area (Å²) in [4.78, 5) is 0. The second-order valence-electron chi connectivity index (χ2n) is 5.56. The van der Waals surface area contributed by atoms with E-state index in [1.54, 1.807) is 0 Å². The molecule has 0 aromatic heterocycles. The molecule has 1 N–H and O–H groups in total. The van der Waals surface area contributed by atoms with Gasteiger partial charge in [-0.05, 0) is 49.3 Å². The summed E-state index contributed by atoms with van der Waals surface area (Å²) < 4.78 is 5.54. The molecule has 3 heteroatoms. The molecule has 0 atom stereocenters. The Morgan fingerprint density at radius 3 is 2.68 bits per heavy atom. The molecule has 0 saturated carbocycles. The summed E-state index contributed by atoms with van der Waals surface area (Å²) in [6, 6.07) is 8.22. The number of rotatable bonds is 6. The summed E-state index contributed by atoms with van der Waals surface area (Å²) >= 11 is 6.32. The van der Waals surface area contributed by atoms with Crippen molar-refractivity contribution in [1.82, 2.24) is 5.32 Å². The Morgan fingerprint density at radius 2 is 2.00 bits per heavy atom. The largest absolute Gasteiger partial charge is 0.381 e. The van der Waals surface area contributed by atoms with Crippen LogP contribution in [-0.2, 0) is 11.2 Å². The van der Waals surface area contributed by atoms with Crippen molar-refractivity contribution in [2.24, 2.45) is 5.41 Å². The van der Waals surface area contributed by atoms with Crippen LogP contribution in [0.25, 0.3) is 0 Å². The van der Waals surface area contributed by atoms with Crippen LogP contribution in [0.15, 0.2) is 24.3 Å². The fourth-order valence-electron chi connectivity index (χ4n) is 2.80. The quantitative estimate of drug-likeness (QED) is 0.803. The van der Waals surface area contributed by atoms with Gasteiger partial charge in [-0.3, -0.25) is 0 Å². The third kappa shape index (κ3) is 4.20. The summed E-state index contributed by atoms with van der Waals surface area (Å²) in [5.74, 6) is 0. The van der Waals surface area contributed by atoms with Gasteiger partial charge in [0.1, 0.15) is 0 Å². The van der Waals surface area contributed by atoms with Gasteiger partial charge in [-0.15, -0.1) is 0 Å². The van der Waals surface area contributed by atoms with Crippen molar-refractivity contribution in [1.29, 1.82) is 0 Å². The van der Waals surface area contributed by atoms with Gasteiger partial charge in [-0.1, -0.05) is 36.7 Å². The highest BCUT2D eigenvalue weighted by Crippen LogP contribution is 2.35. The molecule has 1 aromatic carbocycles. The van der Waals surface area contributed by atoms with Crippen molar-refractivity contribution >= 4 is 11.6 Å². The minimum atomic E-state index is 0.304. The molecular weight excluding hydrogens is 258 g/mol. The first kappa shape index (κ1) is 14.8. The molecule has 2 rings (SSSR count). The molecule has 1 fully saturated rings. The van der Waals surface area contributed by atoms with E-state index in [1.807, 2.05) is 12.1 Å². The third-order valence-electron chi connectivity index (χ3n) is 4.00. The number of hydrogen-bond donors (Lipinski definition) is 1. The van der Waals surface area contributed by atoms with Gasteiger partial charge < -0.3 is 10.1 Å². The smallest absolute Gasteiger partial charge is 0.0471 e. The van der Waals surface area contributed by atoms with Crippen molar-refractivity contribution in [3.8, 4) is 0 Å². The zero-order chi connectivity index (χ0) is 13.6. The molecule has 1 saturated heterocycles. The second kappa shape index (κ2) is 7.28. The lowest BCUT2D eigenvalue weighted by atomic mass is 9.75.